The molecule has 5 nitrogen and oxygen atoms in total. The number of carbonyl (C=O) groups is 1. The average molecular weight is 404 g/mol. The van der Waals surface area contributed by atoms with Crippen molar-refractivity contribution < 1.29 is 9.90 Å². The van der Waals surface area contributed by atoms with Crippen molar-refractivity contribution in [3.63, 3.8) is 0 Å². The van der Waals surface area contributed by atoms with Gasteiger partial charge in [-0.2, -0.15) is 0 Å². The summed E-state index contributed by atoms with van der Waals surface area (Å²) in [7, 11) is 0. The molecule has 1 aliphatic rings. The van der Waals surface area contributed by atoms with Crippen molar-refractivity contribution >= 4 is 27.6 Å². The molecule has 25 heavy (non-hydrogen) atoms. The first kappa shape index (κ1) is 17.6. The van der Waals surface area contributed by atoms with E-state index in [2.05, 4.69) is 26.1 Å². The van der Waals surface area contributed by atoms with E-state index in [1.54, 1.807) is 12.1 Å². The molecule has 2 aromatic rings. The van der Waals surface area contributed by atoms with E-state index in [1.807, 2.05) is 48.2 Å². The lowest BCUT2D eigenvalue weighted by Gasteiger charge is -2.36. The number of benzene rings is 2. The van der Waals surface area contributed by atoms with E-state index in [-0.39, 0.29) is 17.8 Å². The minimum Gasteiger partial charge on any atom is -0.508 e. The molecule has 2 N–H and O–H groups in total. The predicted octanol–water partition coefficient (Wildman–Crippen LogP) is 3.75. The van der Waals surface area contributed by atoms with Crippen molar-refractivity contribution in [3.8, 4) is 5.75 Å². The van der Waals surface area contributed by atoms with E-state index in [4.69, 9.17) is 0 Å². The summed E-state index contributed by atoms with van der Waals surface area (Å²) in [4.78, 5) is 16.6. The number of nitrogens with one attached hydrogen (secondary N) is 1. The molecule has 1 heterocycles. The Hall–Kier alpha value is -2.21. The number of urea groups is 1. The fourth-order valence-electron chi connectivity index (χ4n) is 3.04. The average Bonchev–Trinajstić information content (AvgIpc) is 2.62. The summed E-state index contributed by atoms with van der Waals surface area (Å²) >= 11 is 3.53. The summed E-state index contributed by atoms with van der Waals surface area (Å²) in [6.45, 7) is 4.80. The van der Waals surface area contributed by atoms with Gasteiger partial charge < -0.3 is 20.2 Å². The quantitative estimate of drug-likeness (QED) is 0.820. The van der Waals surface area contributed by atoms with Crippen molar-refractivity contribution in [1.82, 2.24) is 10.2 Å². The van der Waals surface area contributed by atoms with E-state index in [1.165, 1.54) is 0 Å². The Morgan fingerprint density at radius 1 is 1.12 bits per heavy atom. The van der Waals surface area contributed by atoms with Gasteiger partial charge in [0.2, 0.25) is 0 Å². The van der Waals surface area contributed by atoms with Gasteiger partial charge in [-0.15, -0.1) is 0 Å². The maximum atomic E-state index is 12.5. The predicted molar refractivity (Wildman–Crippen MR) is 103 cm³/mol. The van der Waals surface area contributed by atoms with Crippen molar-refractivity contribution in [2.24, 2.45) is 0 Å². The number of halogens is 1. The van der Waals surface area contributed by atoms with Crippen LogP contribution in [0.3, 0.4) is 0 Å². The van der Waals surface area contributed by atoms with Crippen LogP contribution in [-0.2, 0) is 0 Å². The zero-order valence-corrected chi connectivity index (χ0v) is 15.7. The van der Waals surface area contributed by atoms with Crippen LogP contribution in [0.5, 0.6) is 5.75 Å². The Morgan fingerprint density at radius 2 is 1.84 bits per heavy atom. The molecular formula is C19H22BrN3O2. The first-order valence-corrected chi connectivity index (χ1v) is 9.18. The first-order chi connectivity index (χ1) is 12.0. The van der Waals surface area contributed by atoms with Crippen molar-refractivity contribution in [3.05, 3.63) is 58.6 Å². The number of nitrogens with zero attached hydrogens (tertiary/aromatic N) is 2. The molecule has 1 aliphatic heterocycles. The summed E-state index contributed by atoms with van der Waals surface area (Å²) in [5.41, 5.74) is 2.05. The monoisotopic (exact) mass is 403 g/mol. The minimum absolute atomic E-state index is 0.0428. The number of aromatic hydroxyl groups is 1. The van der Waals surface area contributed by atoms with Gasteiger partial charge in [0.05, 0.1) is 6.04 Å². The first-order valence-electron chi connectivity index (χ1n) is 8.38. The highest BCUT2D eigenvalue weighted by molar-refractivity contribution is 9.10. The van der Waals surface area contributed by atoms with Gasteiger partial charge in [0.1, 0.15) is 5.75 Å². The van der Waals surface area contributed by atoms with E-state index in [0.717, 1.165) is 28.8 Å². The van der Waals surface area contributed by atoms with Crippen LogP contribution in [0.1, 0.15) is 18.5 Å². The molecule has 0 aromatic heterocycles. The van der Waals surface area contributed by atoms with Crippen LogP contribution >= 0.6 is 15.9 Å². The standard InChI is InChI=1S/C19H22BrN3O2/c1-14(17-7-2-3-8-18(17)20)21-19(25)23-11-9-22(10-12-23)15-5-4-6-16(24)13-15/h2-8,13-14,24H,9-12H2,1H3,(H,21,25). The van der Waals surface area contributed by atoms with Crippen LogP contribution < -0.4 is 10.2 Å². The Labute approximate surface area is 156 Å². The highest BCUT2D eigenvalue weighted by Gasteiger charge is 2.23. The van der Waals surface area contributed by atoms with Gasteiger partial charge in [-0.05, 0) is 30.7 Å². The maximum absolute atomic E-state index is 12.5. The van der Waals surface area contributed by atoms with E-state index >= 15 is 0 Å². The molecule has 0 saturated carbocycles. The lowest BCUT2D eigenvalue weighted by Crippen LogP contribution is -2.52. The molecular weight excluding hydrogens is 382 g/mol. The number of amides is 2. The third kappa shape index (κ3) is 4.25. The maximum Gasteiger partial charge on any atom is 0.317 e. The van der Waals surface area contributed by atoms with Crippen LogP contribution in [0.4, 0.5) is 10.5 Å². The van der Waals surface area contributed by atoms with Crippen LogP contribution in [0.2, 0.25) is 0 Å². The van der Waals surface area contributed by atoms with Crippen molar-refractivity contribution in [1.29, 1.82) is 0 Å². The number of phenolic OH excluding ortho intramolecular Hbond substituents is 1. The summed E-state index contributed by atoms with van der Waals surface area (Å²) in [6, 6.07) is 15.0. The molecule has 2 amide bonds. The van der Waals surface area contributed by atoms with Gasteiger partial charge >= 0.3 is 6.03 Å². The van der Waals surface area contributed by atoms with Gasteiger partial charge in [-0.25, -0.2) is 4.79 Å². The number of hydrogen-bond donors (Lipinski definition) is 2. The Balaban J connectivity index is 1.56. The third-order valence-electron chi connectivity index (χ3n) is 4.47. The SMILES string of the molecule is CC(NC(=O)N1CCN(c2cccc(O)c2)CC1)c1ccccc1Br. The molecule has 1 saturated heterocycles. The van der Waals surface area contributed by atoms with Crippen LogP contribution in [0.25, 0.3) is 0 Å². The second-order valence-electron chi connectivity index (χ2n) is 6.19. The van der Waals surface area contributed by atoms with Crippen LogP contribution in [0, 0.1) is 0 Å². The number of phenols is 1. The number of piperazine rings is 1. The zero-order chi connectivity index (χ0) is 17.8. The highest BCUT2D eigenvalue weighted by Crippen LogP contribution is 2.24. The molecule has 0 aliphatic carbocycles. The summed E-state index contributed by atoms with van der Waals surface area (Å²) < 4.78 is 0.997. The Kier molecular flexibility index (Phi) is 5.48. The molecule has 3 rings (SSSR count). The molecule has 1 unspecified atom stereocenters. The van der Waals surface area contributed by atoms with E-state index in [9.17, 15) is 9.90 Å². The lowest BCUT2D eigenvalue weighted by molar-refractivity contribution is 0.191. The summed E-state index contributed by atoms with van der Waals surface area (Å²) in [5.74, 6) is 0.264. The zero-order valence-electron chi connectivity index (χ0n) is 14.2. The van der Waals surface area contributed by atoms with E-state index < -0.39 is 0 Å². The van der Waals surface area contributed by atoms with Crippen LogP contribution in [0.15, 0.2) is 53.0 Å². The second-order valence-corrected chi connectivity index (χ2v) is 7.04. The fourth-order valence-corrected chi connectivity index (χ4v) is 3.67. The van der Waals surface area contributed by atoms with Crippen molar-refractivity contribution in [2.75, 3.05) is 31.1 Å². The lowest BCUT2D eigenvalue weighted by atomic mass is 10.1. The topological polar surface area (TPSA) is 55.8 Å². The molecule has 0 spiro atoms. The van der Waals surface area contributed by atoms with Gasteiger partial charge in [0.25, 0.3) is 0 Å². The van der Waals surface area contributed by atoms with Crippen molar-refractivity contribution in [2.45, 2.75) is 13.0 Å². The van der Waals surface area contributed by atoms with Gasteiger partial charge in [-0.3, -0.25) is 0 Å². The summed E-state index contributed by atoms with van der Waals surface area (Å²) in [6.07, 6.45) is 0. The Bertz CT molecular complexity index is 745. The molecule has 1 atom stereocenters. The third-order valence-corrected chi connectivity index (χ3v) is 5.20. The number of hydrogen-bond acceptors (Lipinski definition) is 3. The smallest absolute Gasteiger partial charge is 0.317 e. The van der Waals surface area contributed by atoms with Gasteiger partial charge in [-0.1, -0.05) is 40.2 Å². The van der Waals surface area contributed by atoms with Gasteiger partial charge in [0, 0.05) is 42.4 Å². The molecule has 2 aromatic carbocycles. The van der Waals surface area contributed by atoms with Gasteiger partial charge in [0.15, 0.2) is 0 Å². The molecule has 0 radical (unpaired) electrons. The molecule has 1 fully saturated rings. The fraction of sp³-hybridized carbons (Fsp3) is 0.316. The normalized spacial score (nSPS) is 15.8. The number of anilines is 1. The molecule has 132 valence electrons. The second kappa shape index (κ2) is 7.78. The highest BCUT2D eigenvalue weighted by atomic mass is 79.9. The molecule has 6 heteroatoms. The molecule has 0 bridgehead atoms. The number of carbonyl (C=O) groups excluding carboxylic acids is 1. The van der Waals surface area contributed by atoms with Crippen LogP contribution in [-0.4, -0.2) is 42.2 Å². The largest absolute Gasteiger partial charge is 0.508 e. The van der Waals surface area contributed by atoms with E-state index in [0.29, 0.717) is 13.1 Å². The Morgan fingerprint density at radius 3 is 2.52 bits per heavy atom. The number of rotatable bonds is 3. The summed E-state index contributed by atoms with van der Waals surface area (Å²) in [5, 5.41) is 12.7. The minimum atomic E-state index is -0.0628.